The van der Waals surface area contributed by atoms with E-state index >= 15 is 0 Å². The second-order valence-electron chi connectivity index (χ2n) is 5.41. The highest BCUT2D eigenvalue weighted by atomic mass is 32.1. The Bertz CT molecular complexity index is 593. The number of aromatic nitrogens is 2. The minimum atomic E-state index is -0.389. The number of aryl methyl sites for hydroxylation is 1. The SMILES string of the molecule is CNC(C(=O)NCC(c1cccs1)N(C)C)c1cnn(C)c1. The van der Waals surface area contributed by atoms with Crippen LogP contribution in [0.3, 0.4) is 0 Å². The molecule has 0 aliphatic rings. The Kier molecular flexibility index (Phi) is 5.70. The Morgan fingerprint density at radius 2 is 2.27 bits per heavy atom. The summed E-state index contributed by atoms with van der Waals surface area (Å²) in [7, 11) is 7.66. The maximum absolute atomic E-state index is 12.5. The number of carbonyl (C=O) groups is 1. The average molecular weight is 321 g/mol. The molecule has 120 valence electrons. The van der Waals surface area contributed by atoms with Gasteiger partial charge in [-0.2, -0.15) is 5.10 Å². The molecule has 0 bridgehead atoms. The first-order valence-electron chi connectivity index (χ1n) is 7.16. The van der Waals surface area contributed by atoms with Crippen molar-refractivity contribution >= 4 is 17.2 Å². The number of nitrogens with zero attached hydrogens (tertiary/aromatic N) is 3. The molecule has 0 aromatic carbocycles. The van der Waals surface area contributed by atoms with E-state index in [0.717, 1.165) is 5.56 Å². The zero-order valence-corrected chi connectivity index (χ0v) is 14.2. The van der Waals surface area contributed by atoms with E-state index in [1.807, 2.05) is 33.4 Å². The summed E-state index contributed by atoms with van der Waals surface area (Å²) in [6.45, 7) is 0.574. The fourth-order valence-electron chi connectivity index (χ4n) is 2.36. The zero-order valence-electron chi connectivity index (χ0n) is 13.4. The predicted molar refractivity (Wildman–Crippen MR) is 88.8 cm³/mol. The number of rotatable bonds is 7. The van der Waals surface area contributed by atoms with E-state index < -0.39 is 0 Å². The monoisotopic (exact) mass is 321 g/mol. The van der Waals surface area contributed by atoms with Gasteiger partial charge in [-0.05, 0) is 32.6 Å². The summed E-state index contributed by atoms with van der Waals surface area (Å²) in [5.74, 6) is -0.0427. The summed E-state index contributed by atoms with van der Waals surface area (Å²) in [5.41, 5.74) is 0.861. The van der Waals surface area contributed by atoms with Gasteiger partial charge >= 0.3 is 0 Å². The normalized spacial score (nSPS) is 14.0. The van der Waals surface area contributed by atoms with Gasteiger partial charge in [-0.1, -0.05) is 6.07 Å². The number of hydrogen-bond donors (Lipinski definition) is 2. The van der Waals surface area contributed by atoms with Gasteiger partial charge in [-0.3, -0.25) is 9.48 Å². The van der Waals surface area contributed by atoms with Crippen molar-refractivity contribution in [1.29, 1.82) is 0 Å². The molecule has 2 aromatic rings. The van der Waals surface area contributed by atoms with Gasteiger partial charge in [-0.15, -0.1) is 11.3 Å². The highest BCUT2D eigenvalue weighted by Crippen LogP contribution is 2.22. The van der Waals surface area contributed by atoms with Crippen LogP contribution < -0.4 is 10.6 Å². The number of carbonyl (C=O) groups excluding carboxylic acids is 1. The number of nitrogens with one attached hydrogen (secondary N) is 2. The highest BCUT2D eigenvalue weighted by molar-refractivity contribution is 7.10. The first-order valence-corrected chi connectivity index (χ1v) is 8.04. The molecule has 2 rings (SSSR count). The van der Waals surface area contributed by atoms with E-state index in [2.05, 4.69) is 32.1 Å². The van der Waals surface area contributed by atoms with Crippen LogP contribution in [0.25, 0.3) is 0 Å². The van der Waals surface area contributed by atoms with E-state index in [0.29, 0.717) is 6.54 Å². The van der Waals surface area contributed by atoms with E-state index in [9.17, 15) is 4.79 Å². The number of thiophene rings is 1. The molecule has 2 heterocycles. The lowest BCUT2D eigenvalue weighted by atomic mass is 10.1. The van der Waals surface area contributed by atoms with Gasteiger partial charge in [0.15, 0.2) is 0 Å². The van der Waals surface area contributed by atoms with Crippen LogP contribution in [0.15, 0.2) is 29.9 Å². The largest absolute Gasteiger partial charge is 0.352 e. The van der Waals surface area contributed by atoms with Gasteiger partial charge in [0.2, 0.25) is 5.91 Å². The third kappa shape index (κ3) is 3.94. The van der Waals surface area contributed by atoms with E-state index in [1.54, 1.807) is 29.3 Å². The first kappa shape index (κ1) is 16.7. The van der Waals surface area contributed by atoms with Gasteiger partial charge in [0.25, 0.3) is 0 Å². The molecule has 0 radical (unpaired) electrons. The Hall–Kier alpha value is -1.70. The van der Waals surface area contributed by atoms with Crippen molar-refractivity contribution in [3.8, 4) is 0 Å². The lowest BCUT2D eigenvalue weighted by Crippen LogP contribution is -2.40. The third-order valence-electron chi connectivity index (χ3n) is 3.57. The van der Waals surface area contributed by atoms with E-state index in [1.165, 1.54) is 4.88 Å². The predicted octanol–water partition coefficient (Wildman–Crippen LogP) is 1.16. The molecule has 0 aliphatic carbocycles. The number of hydrogen-bond acceptors (Lipinski definition) is 5. The van der Waals surface area contributed by atoms with Gasteiger partial charge in [0, 0.05) is 30.2 Å². The van der Waals surface area contributed by atoms with Crippen LogP contribution in [0.1, 0.15) is 22.5 Å². The zero-order chi connectivity index (χ0) is 16.1. The standard InChI is InChI=1S/C15H23N5OS/c1-16-14(11-8-18-20(4)10-11)15(21)17-9-12(19(2)3)13-6-5-7-22-13/h5-8,10,12,14,16H,9H2,1-4H3,(H,17,21). The summed E-state index contributed by atoms with van der Waals surface area (Å²) < 4.78 is 1.70. The van der Waals surface area contributed by atoms with Crippen LogP contribution in [0.2, 0.25) is 0 Å². The molecule has 1 amide bonds. The Morgan fingerprint density at radius 3 is 2.77 bits per heavy atom. The Balaban J connectivity index is 2.01. The topological polar surface area (TPSA) is 62.2 Å². The van der Waals surface area contributed by atoms with Gasteiger partial charge in [-0.25, -0.2) is 0 Å². The summed E-state index contributed by atoms with van der Waals surface area (Å²) in [4.78, 5) is 15.8. The Labute approximate surface area is 135 Å². The molecule has 2 aromatic heterocycles. The molecular formula is C15H23N5OS. The van der Waals surface area contributed by atoms with Crippen LogP contribution in [0.5, 0.6) is 0 Å². The minimum Gasteiger partial charge on any atom is -0.352 e. The maximum atomic E-state index is 12.5. The second kappa shape index (κ2) is 7.53. The molecule has 0 aliphatic heterocycles. The molecule has 22 heavy (non-hydrogen) atoms. The maximum Gasteiger partial charge on any atom is 0.241 e. The molecule has 0 saturated carbocycles. The van der Waals surface area contributed by atoms with Crippen molar-refractivity contribution in [3.63, 3.8) is 0 Å². The molecule has 7 heteroatoms. The van der Waals surface area contributed by atoms with Crippen molar-refractivity contribution in [2.45, 2.75) is 12.1 Å². The number of amides is 1. The summed E-state index contributed by atoms with van der Waals surface area (Å²) in [5, 5.41) is 12.3. The number of likely N-dealkylation sites (N-methyl/N-ethyl adjacent to an activating group) is 2. The quantitative estimate of drug-likeness (QED) is 0.803. The molecule has 6 nitrogen and oxygen atoms in total. The van der Waals surface area contributed by atoms with Crippen LogP contribution in [0, 0.1) is 0 Å². The fraction of sp³-hybridized carbons (Fsp3) is 0.467. The third-order valence-corrected chi connectivity index (χ3v) is 4.55. The van der Waals surface area contributed by atoms with Crippen molar-refractivity contribution in [3.05, 3.63) is 40.3 Å². The van der Waals surface area contributed by atoms with Crippen molar-refractivity contribution < 1.29 is 4.79 Å². The molecule has 0 spiro atoms. The molecule has 2 unspecified atom stereocenters. The molecule has 0 saturated heterocycles. The van der Waals surface area contributed by atoms with Gasteiger partial charge < -0.3 is 15.5 Å². The highest BCUT2D eigenvalue weighted by Gasteiger charge is 2.22. The van der Waals surface area contributed by atoms with E-state index in [-0.39, 0.29) is 18.0 Å². The lowest BCUT2D eigenvalue weighted by molar-refractivity contribution is -0.123. The second-order valence-corrected chi connectivity index (χ2v) is 6.39. The lowest BCUT2D eigenvalue weighted by Gasteiger charge is -2.24. The van der Waals surface area contributed by atoms with Gasteiger partial charge in [0.05, 0.1) is 12.2 Å². The molecule has 2 N–H and O–H groups in total. The van der Waals surface area contributed by atoms with Crippen LogP contribution >= 0.6 is 11.3 Å². The summed E-state index contributed by atoms with van der Waals surface area (Å²) in [6.07, 6.45) is 3.56. The average Bonchev–Trinajstić information content (AvgIpc) is 3.12. The van der Waals surface area contributed by atoms with Gasteiger partial charge in [0.1, 0.15) is 6.04 Å². The molecular weight excluding hydrogens is 298 g/mol. The summed E-state index contributed by atoms with van der Waals surface area (Å²) >= 11 is 1.70. The smallest absolute Gasteiger partial charge is 0.241 e. The first-order chi connectivity index (χ1) is 10.5. The fourth-order valence-corrected chi connectivity index (χ4v) is 3.28. The van der Waals surface area contributed by atoms with Crippen LogP contribution in [0.4, 0.5) is 0 Å². The van der Waals surface area contributed by atoms with Crippen LogP contribution in [-0.2, 0) is 11.8 Å². The van der Waals surface area contributed by atoms with Crippen molar-refractivity contribution in [2.75, 3.05) is 27.7 Å². The minimum absolute atomic E-state index is 0.0427. The van der Waals surface area contributed by atoms with E-state index in [4.69, 9.17) is 0 Å². The van der Waals surface area contributed by atoms with Crippen molar-refractivity contribution in [1.82, 2.24) is 25.3 Å². The summed E-state index contributed by atoms with van der Waals surface area (Å²) in [6, 6.07) is 3.91. The van der Waals surface area contributed by atoms with Crippen LogP contribution in [-0.4, -0.2) is 48.3 Å². The molecule has 2 atom stereocenters. The van der Waals surface area contributed by atoms with Crippen molar-refractivity contribution in [2.24, 2.45) is 7.05 Å². The Morgan fingerprint density at radius 1 is 1.50 bits per heavy atom. The molecule has 0 fully saturated rings.